The number of nitrogens with zero attached hydrogens (tertiary/aromatic N) is 1. The van der Waals surface area contributed by atoms with Crippen LogP contribution in [-0.2, 0) is 17.1 Å². The second kappa shape index (κ2) is 5.57. The summed E-state index contributed by atoms with van der Waals surface area (Å²) in [5.41, 5.74) is 0. The van der Waals surface area contributed by atoms with E-state index in [4.69, 9.17) is 5.11 Å². The van der Waals surface area contributed by atoms with E-state index in [0.29, 0.717) is 0 Å². The maximum absolute atomic E-state index is 8.86. The second-order valence-electron chi connectivity index (χ2n) is 1.85. The summed E-state index contributed by atoms with van der Waals surface area (Å²) in [4.78, 5) is 1.78. The molecule has 1 atom stereocenters. The third-order valence-corrected chi connectivity index (χ3v) is 0.961. The van der Waals surface area contributed by atoms with Crippen LogP contribution in [0.4, 0.5) is 0 Å². The smallest absolute Gasteiger partial charge is 0.106 e. The van der Waals surface area contributed by atoms with Gasteiger partial charge in [0.15, 0.2) is 0 Å². The van der Waals surface area contributed by atoms with E-state index in [-0.39, 0.29) is 23.3 Å². The summed E-state index contributed by atoms with van der Waals surface area (Å²) in [6.07, 6.45) is 0.535. The molecule has 0 aromatic carbocycles. The second-order valence-corrected chi connectivity index (χ2v) is 1.85. The maximum atomic E-state index is 8.86. The molecule has 3 heteroatoms. The number of aliphatic hydroxyl groups excluding tert-OH is 1. The van der Waals surface area contributed by atoms with E-state index in [1.165, 1.54) is 0 Å². The van der Waals surface area contributed by atoms with Crippen molar-refractivity contribution in [2.24, 2.45) is 0 Å². The SMILES string of the molecule is CCC(O)N(C)C.[Cu]. The minimum absolute atomic E-state index is 0. The molecule has 0 saturated heterocycles. The van der Waals surface area contributed by atoms with Gasteiger partial charge in [-0.3, -0.25) is 4.90 Å². The Kier molecular flexibility index (Phi) is 7.85. The maximum Gasteiger partial charge on any atom is 0.106 e. The van der Waals surface area contributed by atoms with Crippen LogP contribution in [0.5, 0.6) is 0 Å². The van der Waals surface area contributed by atoms with Crippen molar-refractivity contribution in [2.75, 3.05) is 14.1 Å². The van der Waals surface area contributed by atoms with Gasteiger partial charge < -0.3 is 5.11 Å². The zero-order valence-electron chi connectivity index (χ0n) is 5.48. The quantitative estimate of drug-likeness (QED) is 0.471. The molecule has 1 N–H and O–H groups in total. The molecule has 2 nitrogen and oxygen atoms in total. The van der Waals surface area contributed by atoms with Crippen LogP contribution in [0.1, 0.15) is 13.3 Å². The molecule has 0 aliphatic rings. The minimum Gasteiger partial charge on any atom is -0.378 e. The molecule has 0 heterocycles. The molecule has 8 heavy (non-hydrogen) atoms. The first-order valence-electron chi connectivity index (χ1n) is 2.53. The van der Waals surface area contributed by atoms with Crippen molar-refractivity contribution in [3.8, 4) is 0 Å². The van der Waals surface area contributed by atoms with Gasteiger partial charge in [-0.1, -0.05) is 6.92 Å². The molecule has 1 radical (unpaired) electrons. The van der Waals surface area contributed by atoms with E-state index in [1.807, 2.05) is 21.0 Å². The fraction of sp³-hybridized carbons (Fsp3) is 1.00. The minimum atomic E-state index is -0.264. The molecular weight excluding hydrogens is 154 g/mol. The van der Waals surface area contributed by atoms with Crippen LogP contribution in [0.3, 0.4) is 0 Å². The summed E-state index contributed by atoms with van der Waals surface area (Å²) in [6, 6.07) is 0. The molecular formula is C5H13CuNO. The molecule has 0 aliphatic heterocycles. The van der Waals surface area contributed by atoms with Gasteiger partial charge in [-0.25, -0.2) is 0 Å². The van der Waals surface area contributed by atoms with Crippen LogP contribution in [0.15, 0.2) is 0 Å². The van der Waals surface area contributed by atoms with Gasteiger partial charge in [-0.15, -0.1) is 0 Å². The Bertz CT molecular complexity index is 49.7. The van der Waals surface area contributed by atoms with Crippen LogP contribution in [-0.4, -0.2) is 30.3 Å². The largest absolute Gasteiger partial charge is 0.378 e. The number of hydrogen-bond acceptors (Lipinski definition) is 2. The van der Waals surface area contributed by atoms with Gasteiger partial charge in [0.25, 0.3) is 0 Å². The Hall–Kier alpha value is 0.439. The third kappa shape index (κ3) is 4.59. The molecule has 0 rings (SSSR count). The molecule has 0 aromatic rings. The summed E-state index contributed by atoms with van der Waals surface area (Å²) in [5, 5.41) is 8.86. The van der Waals surface area contributed by atoms with Crippen molar-refractivity contribution in [1.29, 1.82) is 0 Å². The van der Waals surface area contributed by atoms with Gasteiger partial charge in [0.05, 0.1) is 0 Å². The molecule has 55 valence electrons. The zero-order chi connectivity index (χ0) is 5.86. The summed E-state index contributed by atoms with van der Waals surface area (Å²) in [5.74, 6) is 0. The Morgan fingerprint density at radius 3 is 1.88 bits per heavy atom. The van der Waals surface area contributed by atoms with Crippen LogP contribution in [0, 0.1) is 0 Å². The van der Waals surface area contributed by atoms with Gasteiger partial charge >= 0.3 is 0 Å². The number of hydrogen-bond donors (Lipinski definition) is 1. The molecule has 0 aliphatic carbocycles. The number of aliphatic hydroxyl groups is 1. The first-order valence-corrected chi connectivity index (χ1v) is 2.53. The van der Waals surface area contributed by atoms with Crippen molar-refractivity contribution in [1.82, 2.24) is 4.90 Å². The first-order chi connectivity index (χ1) is 3.18. The molecule has 0 aromatic heterocycles. The van der Waals surface area contributed by atoms with Crippen LogP contribution < -0.4 is 0 Å². The monoisotopic (exact) mass is 166 g/mol. The molecule has 0 fully saturated rings. The van der Waals surface area contributed by atoms with Gasteiger partial charge in [0.2, 0.25) is 0 Å². The Labute approximate surface area is 61.3 Å². The first kappa shape index (κ1) is 11.3. The van der Waals surface area contributed by atoms with E-state index in [2.05, 4.69) is 0 Å². The summed E-state index contributed by atoms with van der Waals surface area (Å²) >= 11 is 0. The van der Waals surface area contributed by atoms with Gasteiger partial charge in [0, 0.05) is 17.1 Å². The fourth-order valence-corrected chi connectivity index (χ4v) is 0.365. The van der Waals surface area contributed by atoms with E-state index < -0.39 is 0 Å². The standard InChI is InChI=1S/C5H13NO.Cu/c1-4-5(7)6(2)3;/h5,7H,4H2,1-3H3;. The predicted octanol–water partition coefficient (Wildman–Crippen LogP) is 0.274. The Balaban J connectivity index is 0. The molecule has 0 spiro atoms. The van der Waals surface area contributed by atoms with Crippen molar-refractivity contribution < 1.29 is 22.2 Å². The van der Waals surface area contributed by atoms with Crippen molar-refractivity contribution in [3.05, 3.63) is 0 Å². The predicted molar refractivity (Wildman–Crippen MR) is 30.0 cm³/mol. The fourth-order valence-electron chi connectivity index (χ4n) is 0.365. The Morgan fingerprint density at radius 1 is 1.50 bits per heavy atom. The van der Waals surface area contributed by atoms with E-state index in [0.717, 1.165) is 6.42 Å². The average Bonchev–Trinajstić information content (AvgIpc) is 1.65. The summed E-state index contributed by atoms with van der Waals surface area (Å²) in [6.45, 7) is 1.95. The van der Waals surface area contributed by atoms with E-state index in [1.54, 1.807) is 4.90 Å². The number of rotatable bonds is 2. The van der Waals surface area contributed by atoms with Gasteiger partial charge in [-0.05, 0) is 20.5 Å². The van der Waals surface area contributed by atoms with Crippen molar-refractivity contribution in [2.45, 2.75) is 19.6 Å². The van der Waals surface area contributed by atoms with Gasteiger partial charge in [-0.2, -0.15) is 0 Å². The van der Waals surface area contributed by atoms with Crippen LogP contribution in [0.2, 0.25) is 0 Å². The normalized spacial score (nSPS) is 13.1. The topological polar surface area (TPSA) is 23.5 Å². The van der Waals surface area contributed by atoms with Crippen LogP contribution in [0.25, 0.3) is 0 Å². The van der Waals surface area contributed by atoms with E-state index >= 15 is 0 Å². The van der Waals surface area contributed by atoms with Crippen LogP contribution >= 0.6 is 0 Å². The van der Waals surface area contributed by atoms with E-state index in [9.17, 15) is 0 Å². The zero-order valence-corrected chi connectivity index (χ0v) is 6.42. The molecule has 0 amide bonds. The summed E-state index contributed by atoms with van der Waals surface area (Å²) in [7, 11) is 3.71. The summed E-state index contributed by atoms with van der Waals surface area (Å²) < 4.78 is 0. The molecule has 1 unspecified atom stereocenters. The third-order valence-electron chi connectivity index (χ3n) is 0.961. The van der Waals surface area contributed by atoms with Crippen molar-refractivity contribution in [3.63, 3.8) is 0 Å². The average molecular weight is 167 g/mol. The molecule has 0 bridgehead atoms. The van der Waals surface area contributed by atoms with Crippen molar-refractivity contribution >= 4 is 0 Å². The Morgan fingerprint density at radius 2 is 1.88 bits per heavy atom. The van der Waals surface area contributed by atoms with Gasteiger partial charge in [0.1, 0.15) is 6.23 Å². The molecule has 0 saturated carbocycles.